The fraction of sp³-hybridized carbons (Fsp3) is 0.133. The average molecular weight is 285 g/mol. The van der Waals surface area contributed by atoms with Gasteiger partial charge >= 0.3 is 5.97 Å². The molecule has 6 heteroatoms. The number of hydrogen-bond donors (Lipinski definition) is 1. The van der Waals surface area contributed by atoms with Crippen molar-refractivity contribution in [2.45, 2.75) is 12.8 Å². The van der Waals surface area contributed by atoms with E-state index in [0.717, 1.165) is 5.56 Å². The summed E-state index contributed by atoms with van der Waals surface area (Å²) >= 11 is 0. The van der Waals surface area contributed by atoms with Gasteiger partial charge in [0.05, 0.1) is 17.4 Å². The van der Waals surface area contributed by atoms with Gasteiger partial charge in [-0.1, -0.05) is 18.2 Å². The number of rotatable bonds is 3. The molecule has 1 N–H and O–H groups in total. The summed E-state index contributed by atoms with van der Waals surface area (Å²) in [6.45, 7) is 0. The monoisotopic (exact) mass is 285 g/mol. The van der Waals surface area contributed by atoms with Gasteiger partial charge in [-0.3, -0.25) is 14.9 Å². The Balaban J connectivity index is 2.13. The highest BCUT2D eigenvalue weighted by molar-refractivity contribution is 5.72. The number of aliphatic carboxylic acids is 1. The molecule has 0 atom stereocenters. The van der Waals surface area contributed by atoms with E-state index >= 15 is 0 Å². The molecule has 0 amide bonds. The van der Waals surface area contributed by atoms with E-state index in [1.807, 2.05) is 18.2 Å². The molecular formula is C15H11NO5. The van der Waals surface area contributed by atoms with Crippen LogP contribution in [0.1, 0.15) is 16.7 Å². The Bertz CT molecular complexity index is 754. The Labute approximate surface area is 119 Å². The SMILES string of the molecule is O=C(O)Cc1cc([N+](=O)[O-])cc2c1Cc1ccccc1O2. The predicted octanol–water partition coefficient (Wildman–Crippen LogP) is 2.92. The first kappa shape index (κ1) is 13.1. The second-order valence-corrected chi connectivity index (χ2v) is 4.80. The molecule has 0 radical (unpaired) electrons. The molecule has 0 unspecified atom stereocenters. The van der Waals surface area contributed by atoms with E-state index in [4.69, 9.17) is 9.84 Å². The maximum absolute atomic E-state index is 11.0. The van der Waals surface area contributed by atoms with E-state index in [1.54, 1.807) is 6.07 Å². The largest absolute Gasteiger partial charge is 0.481 e. The minimum atomic E-state index is -1.03. The summed E-state index contributed by atoms with van der Waals surface area (Å²) in [7, 11) is 0. The smallest absolute Gasteiger partial charge is 0.307 e. The van der Waals surface area contributed by atoms with Crippen LogP contribution in [0.4, 0.5) is 5.69 Å². The zero-order valence-electron chi connectivity index (χ0n) is 10.9. The van der Waals surface area contributed by atoms with Gasteiger partial charge in [0, 0.05) is 18.1 Å². The number of hydrogen-bond acceptors (Lipinski definition) is 4. The van der Waals surface area contributed by atoms with Crippen LogP contribution in [0, 0.1) is 10.1 Å². The summed E-state index contributed by atoms with van der Waals surface area (Å²) in [5.41, 5.74) is 1.89. The summed E-state index contributed by atoms with van der Waals surface area (Å²) in [5, 5.41) is 20.0. The highest BCUT2D eigenvalue weighted by atomic mass is 16.6. The van der Waals surface area contributed by atoms with Crippen molar-refractivity contribution in [3.05, 3.63) is 63.2 Å². The van der Waals surface area contributed by atoms with Crippen LogP contribution in [0.15, 0.2) is 36.4 Å². The van der Waals surface area contributed by atoms with E-state index in [1.165, 1.54) is 12.1 Å². The predicted molar refractivity (Wildman–Crippen MR) is 73.8 cm³/mol. The van der Waals surface area contributed by atoms with Crippen molar-refractivity contribution < 1.29 is 19.6 Å². The third-order valence-corrected chi connectivity index (χ3v) is 3.40. The molecule has 2 aromatic rings. The van der Waals surface area contributed by atoms with Gasteiger partial charge in [-0.25, -0.2) is 0 Å². The molecule has 1 aliphatic heterocycles. The Kier molecular flexibility index (Phi) is 3.06. The van der Waals surface area contributed by atoms with Crippen LogP contribution in [-0.2, 0) is 17.6 Å². The first-order valence-electron chi connectivity index (χ1n) is 6.32. The van der Waals surface area contributed by atoms with Gasteiger partial charge < -0.3 is 9.84 Å². The quantitative estimate of drug-likeness (QED) is 0.590. The lowest BCUT2D eigenvalue weighted by molar-refractivity contribution is -0.385. The number of nitro groups is 1. The maximum atomic E-state index is 11.0. The Morgan fingerprint density at radius 2 is 2.05 bits per heavy atom. The first-order valence-corrected chi connectivity index (χ1v) is 6.32. The van der Waals surface area contributed by atoms with E-state index in [-0.39, 0.29) is 12.1 Å². The van der Waals surface area contributed by atoms with Crippen LogP contribution in [0.3, 0.4) is 0 Å². The molecule has 1 aliphatic rings. The highest BCUT2D eigenvalue weighted by Gasteiger charge is 2.24. The van der Waals surface area contributed by atoms with Gasteiger partial charge in [0.2, 0.25) is 0 Å². The minimum absolute atomic E-state index is 0.163. The zero-order chi connectivity index (χ0) is 15.0. The third kappa shape index (κ3) is 2.43. The number of nitrogens with zero attached hydrogens (tertiary/aromatic N) is 1. The number of non-ortho nitro benzene ring substituents is 1. The second-order valence-electron chi connectivity index (χ2n) is 4.80. The molecule has 0 spiro atoms. The molecule has 0 aliphatic carbocycles. The summed E-state index contributed by atoms with van der Waals surface area (Å²) < 4.78 is 5.69. The molecule has 0 aromatic heterocycles. The number of para-hydroxylation sites is 1. The second kappa shape index (κ2) is 4.90. The third-order valence-electron chi connectivity index (χ3n) is 3.40. The summed E-state index contributed by atoms with van der Waals surface area (Å²) in [6, 6.07) is 10.0. The number of carboxylic acid groups (broad SMARTS) is 1. The van der Waals surface area contributed by atoms with Crippen LogP contribution in [-0.4, -0.2) is 16.0 Å². The van der Waals surface area contributed by atoms with Crippen molar-refractivity contribution >= 4 is 11.7 Å². The maximum Gasteiger partial charge on any atom is 0.307 e. The Morgan fingerprint density at radius 1 is 1.29 bits per heavy atom. The lowest BCUT2D eigenvalue weighted by Gasteiger charge is -2.22. The Morgan fingerprint density at radius 3 is 2.76 bits per heavy atom. The summed E-state index contributed by atoms with van der Waals surface area (Å²) in [6.07, 6.45) is 0.238. The Hall–Kier alpha value is -2.89. The minimum Gasteiger partial charge on any atom is -0.481 e. The lowest BCUT2D eigenvalue weighted by atomic mass is 9.94. The van der Waals surface area contributed by atoms with Crippen molar-refractivity contribution in [2.24, 2.45) is 0 Å². The molecule has 0 saturated heterocycles. The standard InChI is InChI=1S/C15H11NO5/c17-15(18)7-10-5-11(16(19)20)8-14-12(10)6-9-3-1-2-4-13(9)21-14/h1-5,8H,6-7H2,(H,17,18). The van der Waals surface area contributed by atoms with E-state index in [9.17, 15) is 14.9 Å². The first-order chi connectivity index (χ1) is 10.0. The molecule has 6 nitrogen and oxygen atoms in total. The average Bonchev–Trinajstić information content (AvgIpc) is 2.44. The van der Waals surface area contributed by atoms with Crippen LogP contribution in [0.2, 0.25) is 0 Å². The van der Waals surface area contributed by atoms with Crippen molar-refractivity contribution in [2.75, 3.05) is 0 Å². The molecule has 0 saturated carbocycles. The summed E-state index contributed by atoms with van der Waals surface area (Å²) in [5.74, 6) is -0.0255. The number of fused-ring (bicyclic) bond motifs is 2. The molecule has 0 fully saturated rings. The topological polar surface area (TPSA) is 89.7 Å². The van der Waals surface area contributed by atoms with Crippen molar-refractivity contribution in [3.8, 4) is 11.5 Å². The normalized spacial score (nSPS) is 12.0. The molecule has 106 valence electrons. The van der Waals surface area contributed by atoms with E-state index in [2.05, 4.69) is 0 Å². The number of carbonyl (C=O) groups is 1. The summed E-state index contributed by atoms with van der Waals surface area (Å²) in [4.78, 5) is 21.4. The van der Waals surface area contributed by atoms with Crippen LogP contribution >= 0.6 is 0 Å². The van der Waals surface area contributed by atoms with E-state index < -0.39 is 10.9 Å². The molecular weight excluding hydrogens is 274 g/mol. The van der Waals surface area contributed by atoms with Gasteiger partial charge in [-0.05, 0) is 17.2 Å². The number of ether oxygens (including phenoxy) is 1. The van der Waals surface area contributed by atoms with Crippen molar-refractivity contribution in [1.82, 2.24) is 0 Å². The lowest BCUT2D eigenvalue weighted by Crippen LogP contribution is -2.10. The molecule has 1 heterocycles. The fourth-order valence-corrected chi connectivity index (χ4v) is 2.46. The number of nitro benzene ring substituents is 1. The van der Waals surface area contributed by atoms with E-state index in [0.29, 0.717) is 29.0 Å². The van der Waals surface area contributed by atoms with Crippen LogP contribution in [0.25, 0.3) is 0 Å². The highest BCUT2D eigenvalue weighted by Crippen LogP contribution is 2.40. The van der Waals surface area contributed by atoms with Gasteiger partial charge in [-0.15, -0.1) is 0 Å². The van der Waals surface area contributed by atoms with Crippen LogP contribution < -0.4 is 4.74 Å². The van der Waals surface area contributed by atoms with Gasteiger partial charge in [0.1, 0.15) is 11.5 Å². The zero-order valence-corrected chi connectivity index (χ0v) is 10.9. The molecule has 3 rings (SSSR count). The van der Waals surface area contributed by atoms with Gasteiger partial charge in [0.25, 0.3) is 5.69 Å². The fourth-order valence-electron chi connectivity index (χ4n) is 2.46. The number of carboxylic acids is 1. The van der Waals surface area contributed by atoms with Gasteiger partial charge in [0.15, 0.2) is 0 Å². The molecule has 21 heavy (non-hydrogen) atoms. The van der Waals surface area contributed by atoms with Crippen molar-refractivity contribution in [1.29, 1.82) is 0 Å². The van der Waals surface area contributed by atoms with Crippen molar-refractivity contribution in [3.63, 3.8) is 0 Å². The molecule has 0 bridgehead atoms. The van der Waals surface area contributed by atoms with Gasteiger partial charge in [-0.2, -0.15) is 0 Å². The molecule has 2 aromatic carbocycles. The van der Waals surface area contributed by atoms with Crippen LogP contribution in [0.5, 0.6) is 11.5 Å². The number of benzene rings is 2.